The smallest absolute Gasteiger partial charge is 0.277 e. The van der Waals surface area contributed by atoms with Crippen molar-refractivity contribution in [1.82, 2.24) is 5.43 Å². The molecule has 1 aliphatic rings. The molecule has 3 aromatic rings. The van der Waals surface area contributed by atoms with Crippen LogP contribution in [0.2, 0.25) is 0 Å². The highest BCUT2D eigenvalue weighted by Crippen LogP contribution is 2.44. The second-order valence-electron chi connectivity index (χ2n) is 8.15. The van der Waals surface area contributed by atoms with E-state index in [-0.39, 0.29) is 12.5 Å². The Bertz CT molecular complexity index is 1190. The molecule has 6 heteroatoms. The van der Waals surface area contributed by atoms with Gasteiger partial charge in [-0.2, -0.15) is 5.10 Å². The van der Waals surface area contributed by atoms with Gasteiger partial charge in [-0.3, -0.25) is 4.79 Å². The van der Waals surface area contributed by atoms with Crippen LogP contribution in [0.5, 0.6) is 5.75 Å². The van der Waals surface area contributed by atoms with Gasteiger partial charge in [0.15, 0.2) is 6.61 Å². The summed E-state index contributed by atoms with van der Waals surface area (Å²) in [5.74, 6) is 0.771. The van der Waals surface area contributed by atoms with E-state index < -0.39 is 0 Å². The van der Waals surface area contributed by atoms with Crippen LogP contribution in [0.4, 0.5) is 11.4 Å². The van der Waals surface area contributed by atoms with Crippen LogP contribution < -0.4 is 15.5 Å². The number of fused-ring (bicyclic) bond motifs is 2. The number of benzene rings is 3. The van der Waals surface area contributed by atoms with E-state index in [0.29, 0.717) is 5.92 Å². The number of ether oxygens (including phenoxy) is 1. The summed E-state index contributed by atoms with van der Waals surface area (Å²) in [6, 6.07) is 20.5. The lowest BCUT2D eigenvalue weighted by Crippen LogP contribution is -2.26. The standard InChI is InChI=1S/C26H27N3O2S/c1-16(2)20-11-9-17(3)13-23(20)31-15-26(30)29-28-18(4)19-10-12-25-22(14-19)27-21-7-5-6-8-24(21)32-25/h5-14,16,27H,15H2,1-4H3,(H,29,30)/b28-18+. The highest BCUT2D eigenvalue weighted by atomic mass is 32.2. The molecule has 1 aliphatic heterocycles. The number of amides is 1. The normalized spacial score (nSPS) is 12.6. The van der Waals surface area contributed by atoms with Crippen molar-refractivity contribution < 1.29 is 9.53 Å². The Hall–Kier alpha value is -3.25. The summed E-state index contributed by atoms with van der Waals surface area (Å²) in [5.41, 5.74) is 8.60. The van der Waals surface area contributed by atoms with Crippen LogP contribution >= 0.6 is 11.8 Å². The fourth-order valence-electron chi connectivity index (χ4n) is 3.49. The van der Waals surface area contributed by atoms with Crippen LogP contribution in [0.15, 0.2) is 75.6 Å². The number of hydrogen-bond acceptors (Lipinski definition) is 5. The maximum Gasteiger partial charge on any atom is 0.277 e. The fourth-order valence-corrected chi connectivity index (χ4v) is 4.46. The quantitative estimate of drug-likeness (QED) is 0.272. The van der Waals surface area contributed by atoms with Gasteiger partial charge in [0.25, 0.3) is 5.91 Å². The van der Waals surface area contributed by atoms with Crippen molar-refractivity contribution in [3.05, 3.63) is 77.4 Å². The highest BCUT2D eigenvalue weighted by molar-refractivity contribution is 7.99. The first-order valence-corrected chi connectivity index (χ1v) is 11.5. The molecule has 0 fully saturated rings. The molecule has 0 saturated carbocycles. The van der Waals surface area contributed by atoms with Gasteiger partial charge in [0.1, 0.15) is 5.75 Å². The number of carbonyl (C=O) groups excluding carboxylic acids is 1. The molecule has 5 nitrogen and oxygen atoms in total. The van der Waals surface area contributed by atoms with Gasteiger partial charge in [-0.1, -0.05) is 55.9 Å². The first-order valence-electron chi connectivity index (χ1n) is 10.7. The van der Waals surface area contributed by atoms with Crippen LogP contribution in [-0.2, 0) is 4.79 Å². The zero-order valence-electron chi connectivity index (χ0n) is 18.7. The van der Waals surface area contributed by atoms with E-state index in [1.165, 1.54) is 4.90 Å². The SMILES string of the molecule is C/C(=N\NC(=O)COc1cc(C)ccc1C(C)C)c1ccc2c(c1)Nc1ccccc1S2. The Morgan fingerprint density at radius 2 is 1.84 bits per heavy atom. The molecule has 4 rings (SSSR count). The molecule has 1 amide bonds. The lowest BCUT2D eigenvalue weighted by molar-refractivity contribution is -0.123. The monoisotopic (exact) mass is 445 g/mol. The third-order valence-electron chi connectivity index (χ3n) is 5.27. The molecule has 3 aromatic carbocycles. The lowest BCUT2D eigenvalue weighted by Gasteiger charge is -2.21. The number of aryl methyl sites for hydroxylation is 1. The van der Waals surface area contributed by atoms with Gasteiger partial charge in [0.05, 0.1) is 17.1 Å². The fraction of sp³-hybridized carbons (Fsp3) is 0.231. The van der Waals surface area contributed by atoms with Gasteiger partial charge in [0.2, 0.25) is 0 Å². The van der Waals surface area contributed by atoms with Crippen molar-refractivity contribution in [3.8, 4) is 5.75 Å². The van der Waals surface area contributed by atoms with Gasteiger partial charge in [-0.05, 0) is 66.8 Å². The van der Waals surface area contributed by atoms with Gasteiger partial charge < -0.3 is 10.1 Å². The largest absolute Gasteiger partial charge is 0.483 e. The second-order valence-corrected chi connectivity index (χ2v) is 9.23. The number of hydrogen-bond donors (Lipinski definition) is 2. The summed E-state index contributed by atoms with van der Waals surface area (Å²) in [5, 5.41) is 7.75. The Kier molecular flexibility index (Phi) is 6.51. The van der Waals surface area contributed by atoms with E-state index in [1.807, 2.05) is 38.1 Å². The molecular formula is C26H27N3O2S. The number of nitrogens with one attached hydrogen (secondary N) is 2. The summed E-state index contributed by atoms with van der Waals surface area (Å²) in [4.78, 5) is 14.7. The molecule has 0 saturated heterocycles. The van der Waals surface area contributed by atoms with Gasteiger partial charge in [0, 0.05) is 9.79 Å². The highest BCUT2D eigenvalue weighted by Gasteiger charge is 2.16. The van der Waals surface area contributed by atoms with Crippen molar-refractivity contribution in [3.63, 3.8) is 0 Å². The summed E-state index contributed by atoms with van der Waals surface area (Å²) in [7, 11) is 0. The maximum atomic E-state index is 12.3. The first-order chi connectivity index (χ1) is 15.4. The summed E-state index contributed by atoms with van der Waals surface area (Å²) < 4.78 is 5.79. The second kappa shape index (κ2) is 9.49. The molecule has 0 bridgehead atoms. The molecule has 0 atom stereocenters. The number of para-hydroxylation sites is 1. The molecule has 1 heterocycles. The van der Waals surface area contributed by atoms with Crippen LogP contribution in [-0.4, -0.2) is 18.2 Å². The van der Waals surface area contributed by atoms with Crippen LogP contribution in [0, 0.1) is 6.92 Å². The van der Waals surface area contributed by atoms with E-state index in [2.05, 4.69) is 66.1 Å². The summed E-state index contributed by atoms with van der Waals surface area (Å²) in [6.45, 7) is 8.02. The summed E-state index contributed by atoms with van der Waals surface area (Å²) >= 11 is 1.74. The molecule has 2 N–H and O–H groups in total. The number of rotatable bonds is 6. The molecular weight excluding hydrogens is 418 g/mol. The Balaban J connectivity index is 1.39. The molecule has 32 heavy (non-hydrogen) atoms. The van der Waals surface area contributed by atoms with Crippen molar-refractivity contribution in [2.75, 3.05) is 11.9 Å². The maximum absolute atomic E-state index is 12.3. The van der Waals surface area contributed by atoms with Gasteiger partial charge in [-0.25, -0.2) is 5.43 Å². The van der Waals surface area contributed by atoms with Crippen molar-refractivity contribution in [2.45, 2.75) is 43.4 Å². The van der Waals surface area contributed by atoms with Gasteiger partial charge in [-0.15, -0.1) is 0 Å². The van der Waals surface area contributed by atoms with Crippen LogP contribution in [0.1, 0.15) is 43.4 Å². The predicted octanol–water partition coefficient (Wildman–Crippen LogP) is 6.25. The third kappa shape index (κ3) is 4.97. The number of nitrogens with zero attached hydrogens (tertiary/aromatic N) is 1. The molecule has 0 radical (unpaired) electrons. The average Bonchev–Trinajstić information content (AvgIpc) is 2.79. The number of carbonyl (C=O) groups is 1. The first kappa shape index (κ1) is 22.0. The molecule has 0 spiro atoms. The zero-order chi connectivity index (χ0) is 22.7. The van der Waals surface area contributed by atoms with E-state index in [0.717, 1.165) is 44.4 Å². The number of hydrazone groups is 1. The van der Waals surface area contributed by atoms with E-state index in [4.69, 9.17) is 4.74 Å². The molecule has 0 aliphatic carbocycles. The Morgan fingerprint density at radius 3 is 2.66 bits per heavy atom. The molecule has 0 aromatic heterocycles. The van der Waals surface area contributed by atoms with Gasteiger partial charge >= 0.3 is 0 Å². The summed E-state index contributed by atoms with van der Waals surface area (Å²) in [6.07, 6.45) is 0. The number of anilines is 2. The Morgan fingerprint density at radius 1 is 1.06 bits per heavy atom. The molecule has 164 valence electrons. The van der Waals surface area contributed by atoms with Crippen molar-refractivity contribution >= 4 is 34.8 Å². The lowest BCUT2D eigenvalue weighted by atomic mass is 10.0. The zero-order valence-corrected chi connectivity index (χ0v) is 19.5. The minimum atomic E-state index is -0.291. The predicted molar refractivity (Wildman–Crippen MR) is 131 cm³/mol. The van der Waals surface area contributed by atoms with E-state index in [1.54, 1.807) is 11.8 Å². The minimum absolute atomic E-state index is 0.0842. The molecule has 0 unspecified atom stereocenters. The average molecular weight is 446 g/mol. The van der Waals surface area contributed by atoms with E-state index >= 15 is 0 Å². The van der Waals surface area contributed by atoms with E-state index in [9.17, 15) is 4.79 Å². The Labute approximate surface area is 193 Å². The van der Waals surface area contributed by atoms with Crippen molar-refractivity contribution in [2.24, 2.45) is 5.10 Å². The van der Waals surface area contributed by atoms with Crippen LogP contribution in [0.3, 0.4) is 0 Å². The van der Waals surface area contributed by atoms with Crippen molar-refractivity contribution in [1.29, 1.82) is 0 Å². The van der Waals surface area contributed by atoms with Crippen LogP contribution in [0.25, 0.3) is 0 Å². The topological polar surface area (TPSA) is 62.7 Å². The minimum Gasteiger partial charge on any atom is -0.483 e. The third-order valence-corrected chi connectivity index (χ3v) is 6.42.